The maximum Gasteiger partial charge on any atom is 0.250 e. The van der Waals surface area contributed by atoms with Crippen molar-refractivity contribution in [2.24, 2.45) is 12.8 Å². The molecule has 3 rings (SSSR count). The first-order valence-electron chi connectivity index (χ1n) is 8.01. The van der Waals surface area contributed by atoms with Gasteiger partial charge in [-0.1, -0.05) is 12.1 Å². The normalized spacial score (nSPS) is 17.0. The van der Waals surface area contributed by atoms with Crippen LogP contribution in [0.15, 0.2) is 36.5 Å². The molecule has 1 atom stereocenters. The largest absolute Gasteiger partial charge is 0.369 e. The van der Waals surface area contributed by atoms with Gasteiger partial charge in [-0.3, -0.25) is 4.79 Å². The highest BCUT2D eigenvalue weighted by molar-refractivity contribution is 5.98. The molecule has 1 aromatic carbocycles. The molecule has 1 fully saturated rings. The first kappa shape index (κ1) is 16.1. The quantitative estimate of drug-likeness (QED) is 0.870. The van der Waals surface area contributed by atoms with Crippen molar-refractivity contribution in [3.8, 4) is 6.07 Å². The minimum atomic E-state index is -0.393. The van der Waals surface area contributed by atoms with E-state index in [1.54, 1.807) is 6.07 Å². The van der Waals surface area contributed by atoms with Crippen LogP contribution >= 0.6 is 0 Å². The average molecular weight is 323 g/mol. The van der Waals surface area contributed by atoms with Crippen molar-refractivity contribution in [2.45, 2.75) is 19.0 Å². The van der Waals surface area contributed by atoms with E-state index in [-0.39, 0.29) is 0 Å². The van der Waals surface area contributed by atoms with Gasteiger partial charge in [-0.2, -0.15) is 5.26 Å². The van der Waals surface area contributed by atoms with Crippen molar-refractivity contribution in [1.82, 2.24) is 9.88 Å². The Morgan fingerprint density at radius 3 is 2.96 bits per heavy atom. The number of rotatable bonds is 5. The smallest absolute Gasteiger partial charge is 0.250 e. The lowest BCUT2D eigenvalue weighted by molar-refractivity contribution is 0.100. The van der Waals surface area contributed by atoms with Gasteiger partial charge in [0.15, 0.2) is 0 Å². The van der Waals surface area contributed by atoms with Gasteiger partial charge in [0.1, 0.15) is 11.8 Å². The van der Waals surface area contributed by atoms with Crippen LogP contribution in [0.3, 0.4) is 0 Å². The van der Waals surface area contributed by atoms with Crippen LogP contribution in [0, 0.1) is 11.3 Å². The number of nitrogens with one attached hydrogen (secondary N) is 1. The molecule has 1 aliphatic heterocycles. The van der Waals surface area contributed by atoms with Gasteiger partial charge in [-0.25, -0.2) is 0 Å². The number of primary amides is 1. The van der Waals surface area contributed by atoms with Crippen molar-refractivity contribution in [1.29, 1.82) is 5.26 Å². The van der Waals surface area contributed by atoms with Crippen LogP contribution in [0.5, 0.6) is 0 Å². The zero-order valence-corrected chi connectivity index (χ0v) is 13.7. The molecule has 3 N–H and O–H groups in total. The van der Waals surface area contributed by atoms with E-state index in [1.165, 1.54) is 0 Å². The van der Waals surface area contributed by atoms with Gasteiger partial charge in [-0.15, -0.1) is 0 Å². The number of nitrogens with zero attached hydrogens (tertiary/aromatic N) is 3. The van der Waals surface area contributed by atoms with E-state index in [0.29, 0.717) is 17.3 Å². The average Bonchev–Trinajstić information content (AvgIpc) is 3.19. The van der Waals surface area contributed by atoms with Gasteiger partial charge in [0.2, 0.25) is 0 Å². The summed E-state index contributed by atoms with van der Waals surface area (Å²) in [4.78, 5) is 13.8. The van der Waals surface area contributed by atoms with Gasteiger partial charge < -0.3 is 20.5 Å². The Bertz CT molecular complexity index is 789. The maximum absolute atomic E-state index is 11.6. The fourth-order valence-electron chi connectivity index (χ4n) is 3.21. The van der Waals surface area contributed by atoms with E-state index in [2.05, 4.69) is 16.3 Å². The predicted molar refractivity (Wildman–Crippen MR) is 92.5 cm³/mol. The number of hydrogen-bond acceptors (Lipinski definition) is 4. The van der Waals surface area contributed by atoms with E-state index < -0.39 is 5.91 Å². The third-order valence-electron chi connectivity index (χ3n) is 4.47. The summed E-state index contributed by atoms with van der Waals surface area (Å²) in [6.07, 6.45) is 2.98. The number of nitrogens with two attached hydrogens (primary N) is 1. The molecule has 6 nitrogen and oxygen atoms in total. The fraction of sp³-hybridized carbons (Fsp3) is 0.333. The first-order chi connectivity index (χ1) is 11.6. The van der Waals surface area contributed by atoms with Crippen molar-refractivity contribution in [3.05, 3.63) is 53.3 Å². The summed E-state index contributed by atoms with van der Waals surface area (Å²) in [5.74, 6) is -0.393. The van der Waals surface area contributed by atoms with Gasteiger partial charge in [0, 0.05) is 44.6 Å². The number of para-hydroxylation sites is 1. The zero-order valence-electron chi connectivity index (χ0n) is 13.7. The third-order valence-corrected chi connectivity index (χ3v) is 4.47. The summed E-state index contributed by atoms with van der Waals surface area (Å²) in [7, 11) is 1.88. The monoisotopic (exact) mass is 323 g/mol. The standard InChI is InChI=1S/C18H21N5O/c1-22-11-13(8-15(22)9-19)10-21-14-6-7-23(12-14)17-5-3-2-4-16(17)18(20)24/h2-5,8,11,14,21H,6-7,10,12H2,1H3,(H2,20,24). The summed E-state index contributed by atoms with van der Waals surface area (Å²) < 4.78 is 1.83. The number of anilines is 1. The Morgan fingerprint density at radius 1 is 1.46 bits per heavy atom. The summed E-state index contributed by atoms with van der Waals surface area (Å²) in [5, 5.41) is 12.5. The molecule has 2 aromatic rings. The summed E-state index contributed by atoms with van der Waals surface area (Å²) >= 11 is 0. The van der Waals surface area contributed by atoms with Crippen LogP contribution in [0.1, 0.15) is 28.0 Å². The Balaban J connectivity index is 1.62. The Morgan fingerprint density at radius 2 is 2.25 bits per heavy atom. The van der Waals surface area contributed by atoms with Crippen LogP contribution in [0.25, 0.3) is 0 Å². The van der Waals surface area contributed by atoms with Crippen LogP contribution in [-0.4, -0.2) is 29.6 Å². The molecule has 1 unspecified atom stereocenters. The van der Waals surface area contributed by atoms with Crippen molar-refractivity contribution < 1.29 is 4.79 Å². The number of aromatic nitrogens is 1. The molecule has 2 heterocycles. The topological polar surface area (TPSA) is 87.1 Å². The molecule has 24 heavy (non-hydrogen) atoms. The lowest BCUT2D eigenvalue weighted by atomic mass is 10.1. The molecule has 1 aromatic heterocycles. The molecule has 0 bridgehead atoms. The molecule has 0 aliphatic carbocycles. The highest BCUT2D eigenvalue weighted by Crippen LogP contribution is 2.24. The maximum atomic E-state index is 11.6. The number of nitriles is 1. The highest BCUT2D eigenvalue weighted by atomic mass is 16.1. The molecule has 124 valence electrons. The number of benzene rings is 1. The van der Waals surface area contributed by atoms with E-state index in [4.69, 9.17) is 11.0 Å². The second-order valence-corrected chi connectivity index (χ2v) is 6.15. The van der Waals surface area contributed by atoms with Crippen LogP contribution in [0.4, 0.5) is 5.69 Å². The Kier molecular flexibility index (Phi) is 4.54. The fourth-order valence-corrected chi connectivity index (χ4v) is 3.21. The lowest BCUT2D eigenvalue weighted by Gasteiger charge is -2.21. The number of amides is 1. The molecule has 6 heteroatoms. The third kappa shape index (κ3) is 3.26. The molecule has 0 radical (unpaired) electrons. The van der Waals surface area contributed by atoms with Gasteiger partial charge in [0.25, 0.3) is 5.91 Å². The molecule has 1 amide bonds. The first-order valence-corrected chi connectivity index (χ1v) is 8.01. The van der Waals surface area contributed by atoms with E-state index in [9.17, 15) is 4.79 Å². The number of carbonyl (C=O) groups is 1. The van der Waals surface area contributed by atoms with Crippen molar-refractivity contribution >= 4 is 11.6 Å². The van der Waals surface area contributed by atoms with Crippen molar-refractivity contribution in [3.63, 3.8) is 0 Å². The number of carbonyl (C=O) groups excluding carboxylic acids is 1. The van der Waals surface area contributed by atoms with E-state index in [1.807, 2.05) is 42.1 Å². The van der Waals surface area contributed by atoms with Crippen LogP contribution < -0.4 is 16.0 Å². The summed E-state index contributed by atoms with van der Waals surface area (Å²) in [6, 6.07) is 11.9. The molecule has 0 spiro atoms. The zero-order chi connectivity index (χ0) is 17.1. The minimum absolute atomic E-state index is 0.344. The lowest BCUT2D eigenvalue weighted by Crippen LogP contribution is -2.32. The molecular weight excluding hydrogens is 302 g/mol. The van der Waals surface area contributed by atoms with Crippen LogP contribution in [-0.2, 0) is 13.6 Å². The summed E-state index contributed by atoms with van der Waals surface area (Å²) in [5.41, 5.74) is 8.71. The van der Waals surface area contributed by atoms with Crippen molar-refractivity contribution in [2.75, 3.05) is 18.0 Å². The minimum Gasteiger partial charge on any atom is -0.369 e. The molecule has 0 saturated carbocycles. The molecule has 1 aliphatic rings. The number of aryl methyl sites for hydroxylation is 1. The van der Waals surface area contributed by atoms with Crippen LogP contribution in [0.2, 0.25) is 0 Å². The Hall–Kier alpha value is -2.78. The van der Waals surface area contributed by atoms with E-state index in [0.717, 1.165) is 37.3 Å². The predicted octanol–water partition coefficient (Wildman–Crippen LogP) is 1.36. The summed E-state index contributed by atoms with van der Waals surface area (Å²) in [6.45, 7) is 2.45. The molecule has 1 saturated heterocycles. The Labute approximate surface area is 141 Å². The second-order valence-electron chi connectivity index (χ2n) is 6.15. The SMILES string of the molecule is Cn1cc(CNC2CCN(c3ccccc3C(N)=O)C2)cc1C#N. The van der Waals surface area contributed by atoms with E-state index >= 15 is 0 Å². The highest BCUT2D eigenvalue weighted by Gasteiger charge is 2.24. The number of hydrogen-bond donors (Lipinski definition) is 2. The van der Waals surface area contributed by atoms with Gasteiger partial charge in [0.05, 0.1) is 5.56 Å². The van der Waals surface area contributed by atoms with Gasteiger partial charge >= 0.3 is 0 Å². The van der Waals surface area contributed by atoms with Gasteiger partial charge in [-0.05, 0) is 30.2 Å². The molecular formula is C18H21N5O. The second kappa shape index (κ2) is 6.77.